The van der Waals surface area contributed by atoms with Crippen molar-refractivity contribution in [2.24, 2.45) is 0 Å². The molecule has 1 N–H and O–H groups in total. The SMILES string of the molecule is COc1ccc(Cc2ccc(NC(=O)OCc3ccccc3)cc2)cc1. The van der Waals surface area contributed by atoms with E-state index in [-0.39, 0.29) is 6.61 Å². The topological polar surface area (TPSA) is 47.6 Å². The van der Waals surface area contributed by atoms with Gasteiger partial charge in [-0.3, -0.25) is 5.32 Å². The standard InChI is InChI=1S/C22H21NO3/c1-25-21-13-9-18(10-14-21)15-17-7-11-20(12-8-17)23-22(24)26-16-19-5-3-2-4-6-19/h2-14H,15-16H2,1H3,(H,23,24). The fourth-order valence-electron chi connectivity index (χ4n) is 2.56. The van der Waals surface area contributed by atoms with Gasteiger partial charge < -0.3 is 9.47 Å². The fraction of sp³-hybridized carbons (Fsp3) is 0.136. The number of rotatable bonds is 6. The summed E-state index contributed by atoms with van der Waals surface area (Å²) in [4.78, 5) is 11.9. The van der Waals surface area contributed by atoms with Crippen LogP contribution in [0.5, 0.6) is 5.75 Å². The molecule has 4 heteroatoms. The summed E-state index contributed by atoms with van der Waals surface area (Å²) in [5.74, 6) is 0.849. The summed E-state index contributed by atoms with van der Waals surface area (Å²) in [6.45, 7) is 0.252. The van der Waals surface area contributed by atoms with Gasteiger partial charge in [0.2, 0.25) is 0 Å². The highest BCUT2D eigenvalue weighted by atomic mass is 16.5. The van der Waals surface area contributed by atoms with Gasteiger partial charge in [0.05, 0.1) is 7.11 Å². The van der Waals surface area contributed by atoms with E-state index in [2.05, 4.69) is 5.32 Å². The van der Waals surface area contributed by atoms with Crippen molar-refractivity contribution < 1.29 is 14.3 Å². The Labute approximate surface area is 153 Å². The molecule has 0 heterocycles. The van der Waals surface area contributed by atoms with Gasteiger partial charge in [-0.1, -0.05) is 54.6 Å². The molecule has 0 saturated heterocycles. The van der Waals surface area contributed by atoms with Crippen molar-refractivity contribution >= 4 is 11.8 Å². The molecule has 3 aromatic carbocycles. The van der Waals surface area contributed by atoms with Gasteiger partial charge in [0, 0.05) is 5.69 Å². The molecule has 0 bridgehead atoms. The van der Waals surface area contributed by atoms with E-state index in [1.807, 2.05) is 78.9 Å². The smallest absolute Gasteiger partial charge is 0.411 e. The molecule has 0 unspecified atom stereocenters. The van der Waals surface area contributed by atoms with Gasteiger partial charge in [-0.2, -0.15) is 0 Å². The molecule has 4 nitrogen and oxygen atoms in total. The normalized spacial score (nSPS) is 10.2. The van der Waals surface area contributed by atoms with Crippen molar-refractivity contribution in [3.8, 4) is 5.75 Å². The highest BCUT2D eigenvalue weighted by Gasteiger charge is 2.04. The molecule has 0 aliphatic heterocycles. The van der Waals surface area contributed by atoms with Gasteiger partial charge in [-0.25, -0.2) is 4.79 Å². The third-order valence-electron chi connectivity index (χ3n) is 3.98. The summed E-state index contributed by atoms with van der Waals surface area (Å²) >= 11 is 0. The summed E-state index contributed by atoms with van der Waals surface area (Å²) in [5.41, 5.74) is 4.03. The van der Waals surface area contributed by atoms with Gasteiger partial charge in [0.25, 0.3) is 0 Å². The Morgan fingerprint density at radius 3 is 2.04 bits per heavy atom. The molecule has 0 saturated carbocycles. The van der Waals surface area contributed by atoms with Crippen molar-refractivity contribution in [3.63, 3.8) is 0 Å². The molecule has 1 amide bonds. The average Bonchev–Trinajstić information content (AvgIpc) is 2.69. The third-order valence-corrected chi connectivity index (χ3v) is 3.98. The zero-order valence-corrected chi connectivity index (χ0v) is 14.6. The molecule has 0 aliphatic carbocycles. The lowest BCUT2D eigenvalue weighted by molar-refractivity contribution is 0.155. The minimum Gasteiger partial charge on any atom is -0.497 e. The van der Waals surface area contributed by atoms with Gasteiger partial charge in [-0.05, 0) is 47.4 Å². The molecule has 3 aromatic rings. The van der Waals surface area contributed by atoms with E-state index in [0.29, 0.717) is 5.69 Å². The van der Waals surface area contributed by atoms with E-state index in [9.17, 15) is 4.79 Å². The Morgan fingerprint density at radius 1 is 0.808 bits per heavy atom. The number of nitrogens with one attached hydrogen (secondary N) is 1. The van der Waals surface area contributed by atoms with Crippen molar-refractivity contribution in [2.45, 2.75) is 13.0 Å². The maximum absolute atomic E-state index is 11.9. The number of hydrogen-bond acceptors (Lipinski definition) is 3. The van der Waals surface area contributed by atoms with Gasteiger partial charge in [-0.15, -0.1) is 0 Å². The van der Waals surface area contributed by atoms with Crippen LogP contribution in [-0.4, -0.2) is 13.2 Å². The lowest BCUT2D eigenvalue weighted by Crippen LogP contribution is -2.13. The van der Waals surface area contributed by atoms with Gasteiger partial charge in [0.15, 0.2) is 0 Å². The summed E-state index contributed by atoms with van der Waals surface area (Å²) in [6, 6.07) is 25.3. The maximum Gasteiger partial charge on any atom is 0.411 e. The van der Waals surface area contributed by atoms with Crippen molar-refractivity contribution in [1.82, 2.24) is 0 Å². The van der Waals surface area contributed by atoms with E-state index >= 15 is 0 Å². The van der Waals surface area contributed by atoms with Crippen molar-refractivity contribution in [3.05, 3.63) is 95.6 Å². The van der Waals surface area contributed by atoms with Crippen LogP contribution in [0.25, 0.3) is 0 Å². The van der Waals surface area contributed by atoms with E-state index in [1.165, 1.54) is 11.1 Å². The molecule has 0 fully saturated rings. The van der Waals surface area contributed by atoms with Crippen LogP contribution in [0, 0.1) is 0 Å². The minimum atomic E-state index is -0.461. The lowest BCUT2D eigenvalue weighted by atomic mass is 10.0. The second kappa shape index (κ2) is 8.72. The number of amides is 1. The predicted octanol–water partition coefficient (Wildman–Crippen LogP) is 5.03. The Hall–Kier alpha value is -3.27. The van der Waals surface area contributed by atoms with Crippen LogP contribution in [0.3, 0.4) is 0 Å². The number of hydrogen-bond donors (Lipinski definition) is 1. The first kappa shape index (κ1) is 17.5. The molecule has 0 atom stereocenters. The molecule has 0 spiro atoms. The Morgan fingerprint density at radius 2 is 1.42 bits per heavy atom. The van der Waals surface area contributed by atoms with Crippen LogP contribution in [0.15, 0.2) is 78.9 Å². The molecule has 0 aliphatic rings. The monoisotopic (exact) mass is 347 g/mol. The Balaban J connectivity index is 1.51. The summed E-state index contributed by atoms with van der Waals surface area (Å²) in [5, 5.41) is 2.74. The first-order valence-corrected chi connectivity index (χ1v) is 8.42. The van der Waals surface area contributed by atoms with Crippen molar-refractivity contribution in [1.29, 1.82) is 0 Å². The van der Waals surface area contributed by atoms with Crippen molar-refractivity contribution in [2.75, 3.05) is 12.4 Å². The van der Waals surface area contributed by atoms with Gasteiger partial charge in [0.1, 0.15) is 12.4 Å². The molecular weight excluding hydrogens is 326 g/mol. The molecule has 3 rings (SSSR count). The van der Waals surface area contributed by atoms with E-state index in [1.54, 1.807) is 7.11 Å². The maximum atomic E-state index is 11.9. The van der Waals surface area contributed by atoms with Crippen LogP contribution in [0.4, 0.5) is 10.5 Å². The zero-order chi connectivity index (χ0) is 18.2. The number of anilines is 1. The van der Waals surface area contributed by atoms with Gasteiger partial charge >= 0.3 is 6.09 Å². The van der Waals surface area contributed by atoms with Crippen LogP contribution in [0.1, 0.15) is 16.7 Å². The zero-order valence-electron chi connectivity index (χ0n) is 14.6. The fourth-order valence-corrected chi connectivity index (χ4v) is 2.56. The first-order chi connectivity index (χ1) is 12.7. The molecule has 26 heavy (non-hydrogen) atoms. The molecule has 132 valence electrons. The second-order valence-electron chi connectivity index (χ2n) is 5.91. The lowest BCUT2D eigenvalue weighted by Gasteiger charge is -2.08. The number of carbonyl (C=O) groups excluding carboxylic acids is 1. The van der Waals surface area contributed by atoms with E-state index < -0.39 is 6.09 Å². The first-order valence-electron chi connectivity index (χ1n) is 8.42. The van der Waals surface area contributed by atoms with E-state index in [4.69, 9.17) is 9.47 Å². The second-order valence-corrected chi connectivity index (χ2v) is 5.91. The van der Waals surface area contributed by atoms with E-state index in [0.717, 1.165) is 17.7 Å². The Bertz CT molecular complexity index is 828. The highest BCUT2D eigenvalue weighted by molar-refractivity contribution is 5.84. The molecular formula is C22H21NO3. The quantitative estimate of drug-likeness (QED) is 0.680. The molecule has 0 radical (unpaired) electrons. The largest absolute Gasteiger partial charge is 0.497 e. The number of methoxy groups -OCH3 is 1. The summed E-state index contributed by atoms with van der Waals surface area (Å²) < 4.78 is 10.4. The number of benzene rings is 3. The Kier molecular flexibility index (Phi) is 5.88. The van der Waals surface area contributed by atoms with Crippen LogP contribution in [-0.2, 0) is 17.8 Å². The molecule has 0 aromatic heterocycles. The highest BCUT2D eigenvalue weighted by Crippen LogP contribution is 2.17. The number of ether oxygens (including phenoxy) is 2. The minimum absolute atomic E-state index is 0.252. The summed E-state index contributed by atoms with van der Waals surface area (Å²) in [6.07, 6.45) is 0.361. The van der Waals surface area contributed by atoms with Crippen LogP contribution >= 0.6 is 0 Å². The number of carbonyl (C=O) groups is 1. The van der Waals surface area contributed by atoms with Crippen LogP contribution < -0.4 is 10.1 Å². The summed E-state index contributed by atoms with van der Waals surface area (Å²) in [7, 11) is 1.66. The average molecular weight is 347 g/mol. The third kappa shape index (κ3) is 5.11. The predicted molar refractivity (Wildman–Crippen MR) is 102 cm³/mol. The van der Waals surface area contributed by atoms with Crippen LogP contribution in [0.2, 0.25) is 0 Å².